The lowest BCUT2D eigenvalue weighted by Gasteiger charge is -2.37. The number of likely N-dealkylation sites (tertiary alicyclic amines) is 1. The number of aliphatic hydroxyl groups excluding tert-OH is 1. The topological polar surface area (TPSA) is 77.2 Å². The Labute approximate surface area is 153 Å². The number of nitrogens with zero attached hydrogens (tertiary/aromatic N) is 3. The molecule has 0 aromatic carbocycles. The highest BCUT2D eigenvalue weighted by Crippen LogP contribution is 2.54. The molecule has 1 spiro atoms. The minimum atomic E-state index is -0.541. The van der Waals surface area contributed by atoms with Crippen LogP contribution in [0.25, 0.3) is 5.70 Å². The summed E-state index contributed by atoms with van der Waals surface area (Å²) in [6, 6.07) is 4.10. The molecule has 1 saturated heterocycles. The number of pyridine rings is 1. The maximum absolute atomic E-state index is 12.5. The third-order valence-electron chi connectivity index (χ3n) is 6.71. The summed E-state index contributed by atoms with van der Waals surface area (Å²) in [5.74, 6) is 0.192. The molecule has 1 atom stereocenters. The van der Waals surface area contributed by atoms with E-state index in [9.17, 15) is 15.2 Å². The number of Topliss-reactive ketones (excluding diaryl/α,β-unsaturated/α-hetero) is 1. The highest BCUT2D eigenvalue weighted by molar-refractivity contribution is 6.09. The Morgan fingerprint density at radius 1 is 1.27 bits per heavy atom. The fourth-order valence-corrected chi connectivity index (χ4v) is 4.53. The minimum Gasteiger partial charge on any atom is -0.387 e. The van der Waals surface area contributed by atoms with Gasteiger partial charge in [0.25, 0.3) is 0 Å². The van der Waals surface area contributed by atoms with Crippen LogP contribution in [0, 0.1) is 22.7 Å². The summed E-state index contributed by atoms with van der Waals surface area (Å²) in [6.07, 6.45) is 8.42. The van der Waals surface area contributed by atoms with Crippen molar-refractivity contribution in [1.82, 2.24) is 9.88 Å². The molecule has 1 aromatic rings. The number of hydrogen-bond acceptors (Lipinski definition) is 5. The van der Waals surface area contributed by atoms with E-state index in [1.54, 1.807) is 6.20 Å². The SMILES string of the molecule is N#CC1=C(N2CCC3(CC2)CC3)c2cc([C@H](O)C3CC3)ncc2CC1=O. The molecule has 1 aromatic heterocycles. The average molecular weight is 349 g/mol. The molecule has 5 heteroatoms. The summed E-state index contributed by atoms with van der Waals surface area (Å²) in [6.45, 7) is 1.80. The van der Waals surface area contributed by atoms with Gasteiger partial charge in [0.1, 0.15) is 11.6 Å². The molecule has 0 bridgehead atoms. The minimum absolute atomic E-state index is 0.112. The van der Waals surface area contributed by atoms with Crippen LogP contribution < -0.4 is 0 Å². The molecule has 3 fully saturated rings. The molecule has 5 rings (SSSR count). The Morgan fingerprint density at radius 2 is 2.00 bits per heavy atom. The van der Waals surface area contributed by atoms with Crippen LogP contribution in [0.15, 0.2) is 17.8 Å². The third-order valence-corrected chi connectivity index (χ3v) is 6.71. The summed E-state index contributed by atoms with van der Waals surface area (Å²) in [4.78, 5) is 19.2. The van der Waals surface area contributed by atoms with Gasteiger partial charge in [-0.05, 0) is 61.5 Å². The standard InChI is InChI=1S/C21H23N3O2/c22-11-16-18(25)9-14-12-23-17(20(26)13-1-2-13)10-15(14)19(16)24-7-5-21(3-4-21)6-8-24/h10,12-13,20,26H,1-9H2/t20-/m1/s1. The second-order valence-electron chi connectivity index (χ2n) is 8.47. The van der Waals surface area contributed by atoms with E-state index >= 15 is 0 Å². The van der Waals surface area contributed by atoms with Gasteiger partial charge in [-0.25, -0.2) is 0 Å². The molecule has 0 radical (unpaired) electrons. The average Bonchev–Trinajstić information content (AvgIpc) is 3.57. The van der Waals surface area contributed by atoms with Crippen molar-refractivity contribution in [3.63, 3.8) is 0 Å². The van der Waals surface area contributed by atoms with E-state index < -0.39 is 6.10 Å². The quantitative estimate of drug-likeness (QED) is 0.908. The van der Waals surface area contributed by atoms with E-state index in [1.807, 2.05) is 6.07 Å². The Hall–Kier alpha value is -2.19. The molecule has 134 valence electrons. The van der Waals surface area contributed by atoms with E-state index in [2.05, 4.69) is 16.0 Å². The number of piperidine rings is 1. The number of ketones is 1. The van der Waals surface area contributed by atoms with Crippen LogP contribution in [-0.4, -0.2) is 33.9 Å². The van der Waals surface area contributed by atoms with E-state index in [0.717, 1.165) is 55.6 Å². The number of rotatable bonds is 3. The van der Waals surface area contributed by atoms with Crippen molar-refractivity contribution in [3.05, 3.63) is 34.7 Å². The Balaban J connectivity index is 1.55. The highest BCUT2D eigenvalue weighted by Gasteiger charge is 2.45. The second kappa shape index (κ2) is 5.65. The maximum atomic E-state index is 12.5. The number of allylic oxidation sites excluding steroid dienone is 1. The first-order valence-corrected chi connectivity index (χ1v) is 9.70. The zero-order valence-corrected chi connectivity index (χ0v) is 14.9. The van der Waals surface area contributed by atoms with Crippen LogP contribution in [0.4, 0.5) is 0 Å². The van der Waals surface area contributed by atoms with Gasteiger partial charge < -0.3 is 10.0 Å². The molecule has 3 aliphatic carbocycles. The molecule has 0 amide bonds. The predicted octanol–water partition coefficient (Wildman–Crippen LogP) is 2.76. The Kier molecular flexibility index (Phi) is 3.48. The molecule has 2 heterocycles. The smallest absolute Gasteiger partial charge is 0.179 e. The molecule has 26 heavy (non-hydrogen) atoms. The number of hydrogen-bond donors (Lipinski definition) is 1. The van der Waals surface area contributed by atoms with Crippen LogP contribution in [0.1, 0.15) is 61.4 Å². The van der Waals surface area contributed by atoms with Crippen molar-refractivity contribution >= 4 is 11.5 Å². The van der Waals surface area contributed by atoms with Gasteiger partial charge in [-0.1, -0.05) is 0 Å². The van der Waals surface area contributed by atoms with Crippen molar-refractivity contribution in [2.24, 2.45) is 11.3 Å². The van der Waals surface area contributed by atoms with Crippen LogP contribution >= 0.6 is 0 Å². The van der Waals surface area contributed by atoms with Gasteiger partial charge in [-0.3, -0.25) is 9.78 Å². The molecule has 0 unspecified atom stereocenters. The number of fused-ring (bicyclic) bond motifs is 1. The molecular weight excluding hydrogens is 326 g/mol. The van der Waals surface area contributed by atoms with Gasteiger partial charge in [0.15, 0.2) is 5.78 Å². The zero-order valence-electron chi connectivity index (χ0n) is 14.9. The predicted molar refractivity (Wildman–Crippen MR) is 95.6 cm³/mol. The van der Waals surface area contributed by atoms with Crippen molar-refractivity contribution in [2.45, 2.75) is 51.0 Å². The van der Waals surface area contributed by atoms with Crippen molar-refractivity contribution < 1.29 is 9.90 Å². The van der Waals surface area contributed by atoms with Crippen LogP contribution in [-0.2, 0) is 11.2 Å². The summed E-state index contributed by atoms with van der Waals surface area (Å²) in [5, 5.41) is 20.1. The Bertz CT molecular complexity index is 848. The van der Waals surface area contributed by atoms with Crippen molar-refractivity contribution in [3.8, 4) is 6.07 Å². The van der Waals surface area contributed by atoms with E-state index in [4.69, 9.17) is 0 Å². The summed E-state index contributed by atoms with van der Waals surface area (Å²) >= 11 is 0. The van der Waals surface area contributed by atoms with Gasteiger partial charge in [0.05, 0.1) is 17.5 Å². The number of aromatic nitrogens is 1. The third kappa shape index (κ3) is 2.55. The summed E-state index contributed by atoms with van der Waals surface area (Å²) in [7, 11) is 0. The van der Waals surface area contributed by atoms with Crippen molar-refractivity contribution in [1.29, 1.82) is 5.26 Å². The zero-order chi connectivity index (χ0) is 17.9. The van der Waals surface area contributed by atoms with Crippen LogP contribution in [0.5, 0.6) is 0 Å². The highest BCUT2D eigenvalue weighted by atomic mass is 16.3. The molecule has 1 N–H and O–H groups in total. The first-order chi connectivity index (χ1) is 12.6. The van der Waals surface area contributed by atoms with Gasteiger partial charge in [-0.2, -0.15) is 5.26 Å². The molecule has 1 aliphatic heterocycles. The maximum Gasteiger partial charge on any atom is 0.179 e. The molecule has 5 nitrogen and oxygen atoms in total. The summed E-state index contributed by atoms with van der Waals surface area (Å²) in [5.41, 5.74) is 4.08. The lowest BCUT2D eigenvalue weighted by atomic mass is 9.86. The van der Waals surface area contributed by atoms with Gasteiger partial charge >= 0.3 is 0 Å². The lowest BCUT2D eigenvalue weighted by molar-refractivity contribution is -0.114. The largest absolute Gasteiger partial charge is 0.387 e. The number of carbonyl (C=O) groups excluding carboxylic acids is 1. The first kappa shape index (κ1) is 16.0. The normalized spacial score (nSPS) is 25.1. The second-order valence-corrected chi connectivity index (χ2v) is 8.47. The Morgan fingerprint density at radius 3 is 2.62 bits per heavy atom. The van der Waals surface area contributed by atoms with Crippen LogP contribution in [0.3, 0.4) is 0 Å². The van der Waals surface area contributed by atoms with Gasteiger partial charge in [-0.15, -0.1) is 0 Å². The first-order valence-electron chi connectivity index (χ1n) is 9.70. The molecular formula is C21H23N3O2. The number of aliphatic hydroxyl groups is 1. The van der Waals surface area contributed by atoms with Gasteiger partial charge in [0, 0.05) is 31.3 Å². The fraction of sp³-hybridized carbons (Fsp3) is 0.571. The van der Waals surface area contributed by atoms with E-state index in [-0.39, 0.29) is 17.8 Å². The lowest BCUT2D eigenvalue weighted by Crippen LogP contribution is -2.36. The van der Waals surface area contributed by atoms with E-state index in [0.29, 0.717) is 17.0 Å². The fourth-order valence-electron chi connectivity index (χ4n) is 4.53. The van der Waals surface area contributed by atoms with Crippen LogP contribution in [0.2, 0.25) is 0 Å². The van der Waals surface area contributed by atoms with E-state index in [1.165, 1.54) is 12.8 Å². The molecule has 4 aliphatic rings. The number of carbonyl (C=O) groups is 1. The molecule has 2 saturated carbocycles. The monoisotopic (exact) mass is 349 g/mol. The summed E-state index contributed by atoms with van der Waals surface area (Å²) < 4.78 is 0. The number of nitriles is 1. The van der Waals surface area contributed by atoms with Gasteiger partial charge in [0.2, 0.25) is 0 Å². The van der Waals surface area contributed by atoms with Crippen molar-refractivity contribution in [2.75, 3.05) is 13.1 Å².